The summed E-state index contributed by atoms with van der Waals surface area (Å²) in [5.41, 5.74) is 2.57. The number of allylic oxidation sites excluding steroid dienone is 1. The number of fused-ring (bicyclic) bond motifs is 7. The molecule has 0 aliphatic heterocycles. The minimum atomic E-state index is -0.890. The van der Waals surface area contributed by atoms with Crippen molar-refractivity contribution in [3.8, 4) is 6.07 Å². The van der Waals surface area contributed by atoms with Crippen LogP contribution in [0.3, 0.4) is 0 Å². The van der Waals surface area contributed by atoms with Gasteiger partial charge in [-0.1, -0.05) is 72.8 Å². The van der Waals surface area contributed by atoms with E-state index in [0.717, 1.165) is 50.5 Å². The van der Waals surface area contributed by atoms with E-state index in [1.54, 1.807) is 0 Å². The summed E-state index contributed by atoms with van der Waals surface area (Å²) in [6, 6.07) is 9.65. The summed E-state index contributed by atoms with van der Waals surface area (Å²) >= 11 is 0. The van der Waals surface area contributed by atoms with Crippen molar-refractivity contribution >= 4 is 17.8 Å². The van der Waals surface area contributed by atoms with E-state index >= 15 is 0 Å². The number of amides is 1. The molecule has 1 amide bonds. The fourth-order valence-electron chi connectivity index (χ4n) is 14.1. The first-order chi connectivity index (χ1) is 24.7. The molecule has 10 atom stereocenters. The third kappa shape index (κ3) is 6.77. The number of carboxylic acid groups (broad SMARTS) is 1. The zero-order valence-corrected chi connectivity index (χ0v) is 33.9. The maximum Gasteiger partial charge on any atom is 0.306 e. The molecule has 0 bridgehead atoms. The summed E-state index contributed by atoms with van der Waals surface area (Å²) in [5, 5.41) is 21.8. The van der Waals surface area contributed by atoms with Gasteiger partial charge in [-0.15, -0.1) is 0 Å². The number of carboxylic acids is 1. The Bertz CT molecular complexity index is 1660. The van der Waals surface area contributed by atoms with Crippen LogP contribution in [-0.4, -0.2) is 29.1 Å². The maximum atomic E-state index is 13.8. The molecule has 2 N–H and O–H groups in total. The van der Waals surface area contributed by atoms with Gasteiger partial charge in [0.1, 0.15) is 6.10 Å². The Hall–Kier alpha value is -3.14. The fourth-order valence-corrected chi connectivity index (χ4v) is 14.1. The molecule has 7 nitrogen and oxygen atoms in total. The van der Waals surface area contributed by atoms with Crippen LogP contribution >= 0.6 is 0 Å². The lowest BCUT2D eigenvalue weighted by atomic mass is 9.32. The van der Waals surface area contributed by atoms with Crippen molar-refractivity contribution in [3.05, 3.63) is 47.5 Å². The number of benzene rings is 1. The first kappa shape index (κ1) is 39.6. The molecule has 0 aromatic heterocycles. The zero-order chi connectivity index (χ0) is 38.8. The summed E-state index contributed by atoms with van der Waals surface area (Å²) < 4.78 is 6.28. The average molecular weight is 727 g/mol. The number of nitriles is 1. The Kier molecular flexibility index (Phi) is 10.3. The molecule has 5 fully saturated rings. The van der Waals surface area contributed by atoms with E-state index in [2.05, 4.69) is 59.5 Å². The number of rotatable bonds is 10. The van der Waals surface area contributed by atoms with Gasteiger partial charge in [0, 0.05) is 18.4 Å². The Morgan fingerprint density at radius 3 is 2.25 bits per heavy atom. The molecule has 0 spiro atoms. The van der Waals surface area contributed by atoms with Crippen molar-refractivity contribution in [2.45, 2.75) is 152 Å². The van der Waals surface area contributed by atoms with Gasteiger partial charge in [-0.2, -0.15) is 5.26 Å². The molecule has 0 heterocycles. The molecule has 5 aliphatic carbocycles. The molecular weight excluding hydrogens is 661 g/mol. The van der Waals surface area contributed by atoms with Crippen LogP contribution in [0.2, 0.25) is 0 Å². The van der Waals surface area contributed by atoms with E-state index in [1.807, 2.05) is 38.1 Å². The highest BCUT2D eigenvalue weighted by molar-refractivity contribution is 5.77. The van der Waals surface area contributed by atoms with Crippen LogP contribution in [0.25, 0.3) is 0 Å². The van der Waals surface area contributed by atoms with Gasteiger partial charge < -0.3 is 15.2 Å². The minimum Gasteiger partial charge on any atom is -0.481 e. The Balaban J connectivity index is 1.20. The lowest BCUT2D eigenvalue weighted by Crippen LogP contribution is -2.67. The summed E-state index contributed by atoms with van der Waals surface area (Å²) in [4.78, 5) is 38.4. The molecular formula is C46H66N2O5. The molecule has 6 rings (SSSR count). The van der Waals surface area contributed by atoms with Gasteiger partial charge in [0.05, 0.1) is 24.5 Å². The molecule has 0 radical (unpaired) electrons. The van der Waals surface area contributed by atoms with Crippen molar-refractivity contribution < 1.29 is 24.2 Å². The maximum absolute atomic E-state index is 13.8. The van der Waals surface area contributed by atoms with E-state index in [9.17, 15) is 19.5 Å². The summed E-state index contributed by atoms with van der Waals surface area (Å²) in [7, 11) is 0. The van der Waals surface area contributed by atoms with E-state index in [-0.39, 0.29) is 57.9 Å². The van der Waals surface area contributed by atoms with E-state index in [0.29, 0.717) is 48.1 Å². The second-order valence-corrected chi connectivity index (χ2v) is 20.6. The van der Waals surface area contributed by atoms with Gasteiger partial charge >= 0.3 is 11.9 Å². The zero-order valence-electron chi connectivity index (χ0n) is 33.9. The molecule has 5 aliphatic rings. The third-order valence-corrected chi connectivity index (χ3v) is 16.8. The minimum absolute atomic E-state index is 0.00416. The molecule has 290 valence electrons. The van der Waals surface area contributed by atoms with Crippen LogP contribution in [-0.2, 0) is 25.7 Å². The molecule has 1 aromatic carbocycles. The third-order valence-electron chi connectivity index (χ3n) is 16.8. The van der Waals surface area contributed by atoms with Gasteiger partial charge in [0.2, 0.25) is 5.91 Å². The van der Waals surface area contributed by atoms with Crippen LogP contribution in [0.4, 0.5) is 0 Å². The number of carbonyl (C=O) groups is 3. The Morgan fingerprint density at radius 1 is 0.906 bits per heavy atom. The Labute approximate surface area is 319 Å². The predicted octanol–water partition coefficient (Wildman–Crippen LogP) is 10.0. The Morgan fingerprint density at radius 2 is 1.60 bits per heavy atom. The van der Waals surface area contributed by atoms with Gasteiger partial charge in [-0.25, -0.2) is 0 Å². The van der Waals surface area contributed by atoms with Gasteiger partial charge in [0.25, 0.3) is 0 Å². The number of esters is 1. The van der Waals surface area contributed by atoms with Crippen molar-refractivity contribution in [2.24, 2.45) is 62.1 Å². The highest BCUT2D eigenvalue weighted by Gasteiger charge is 2.71. The first-order valence-corrected chi connectivity index (χ1v) is 20.5. The second-order valence-electron chi connectivity index (χ2n) is 20.6. The number of aliphatic carboxylic acids is 1. The normalized spacial score (nSPS) is 38.5. The number of nitrogens with zero attached hydrogens (tertiary/aromatic N) is 1. The van der Waals surface area contributed by atoms with Crippen LogP contribution in [0.1, 0.15) is 150 Å². The smallest absolute Gasteiger partial charge is 0.306 e. The largest absolute Gasteiger partial charge is 0.481 e. The van der Waals surface area contributed by atoms with E-state index in [4.69, 9.17) is 10.00 Å². The topological polar surface area (TPSA) is 116 Å². The molecule has 5 saturated carbocycles. The van der Waals surface area contributed by atoms with Gasteiger partial charge in [-0.3, -0.25) is 14.4 Å². The first-order valence-electron chi connectivity index (χ1n) is 20.5. The summed E-state index contributed by atoms with van der Waals surface area (Å²) in [5.74, 6) is 1.44. The number of ether oxygens (including phenoxy) is 1. The van der Waals surface area contributed by atoms with E-state index < -0.39 is 11.4 Å². The molecule has 5 unspecified atom stereocenters. The van der Waals surface area contributed by atoms with Crippen molar-refractivity contribution in [1.29, 1.82) is 5.26 Å². The summed E-state index contributed by atoms with van der Waals surface area (Å²) in [6.07, 6.45) is 11.5. The number of carbonyl (C=O) groups excluding carboxylic acids is 2. The number of nitrogens with one attached hydrogen (secondary N) is 1. The van der Waals surface area contributed by atoms with Crippen LogP contribution < -0.4 is 5.32 Å². The summed E-state index contributed by atoms with van der Waals surface area (Å²) in [6.45, 7) is 23.4. The number of hydrogen-bond acceptors (Lipinski definition) is 5. The molecule has 7 heteroatoms. The van der Waals surface area contributed by atoms with Crippen LogP contribution in [0, 0.1) is 73.4 Å². The van der Waals surface area contributed by atoms with Gasteiger partial charge in [-0.05, 0) is 145 Å². The lowest BCUT2D eigenvalue weighted by Gasteiger charge is -2.73. The standard InChI is InChI=1S/C46H66N2O5/c1-29(2)32-16-21-46(24-37(49)48-28-31-12-10-30(27-47)11-13-31)23-22-44(8)33(40(32)46)14-15-35-43(7)19-18-36(42(5,6)34(43)17-20-45(35,44)9)53-39(52)26-41(3,4)25-38(50)51/h10-13,32-36,40H,1,14-26,28H2,2-9H3,(H,48,49)(H,50,51)/t32?,33-,34?,35?,36?,40?,43+,44-,45-,46-/m1/s1. The van der Waals surface area contributed by atoms with Crippen LogP contribution in [0.5, 0.6) is 0 Å². The molecule has 0 saturated heterocycles. The predicted molar refractivity (Wildman–Crippen MR) is 207 cm³/mol. The quantitative estimate of drug-likeness (QED) is 0.183. The molecule has 1 aromatic rings. The lowest BCUT2D eigenvalue weighted by molar-refractivity contribution is -0.250. The monoisotopic (exact) mass is 726 g/mol. The SMILES string of the molecule is C=C(C)C1CC[C@]2(CC(=O)NCc3ccc(C#N)cc3)CC[C@]3(C)[C@H](CCC4[C@@]5(C)CCC(OC(=O)CC(C)(C)CC(=O)O)C(C)(C)C5CC[C@]43C)C12. The van der Waals surface area contributed by atoms with Crippen molar-refractivity contribution in [2.75, 3.05) is 0 Å². The van der Waals surface area contributed by atoms with E-state index in [1.165, 1.54) is 24.8 Å². The van der Waals surface area contributed by atoms with Gasteiger partial charge in [0.15, 0.2) is 0 Å². The molecule has 53 heavy (non-hydrogen) atoms. The number of hydrogen-bond donors (Lipinski definition) is 2. The highest BCUT2D eigenvalue weighted by Crippen LogP contribution is 2.78. The van der Waals surface area contributed by atoms with Crippen LogP contribution in [0.15, 0.2) is 36.4 Å². The fraction of sp³-hybridized carbons (Fsp3) is 0.739. The van der Waals surface area contributed by atoms with Crippen molar-refractivity contribution in [3.63, 3.8) is 0 Å². The van der Waals surface area contributed by atoms with Crippen molar-refractivity contribution in [1.82, 2.24) is 5.32 Å². The highest BCUT2D eigenvalue weighted by atomic mass is 16.5. The second kappa shape index (κ2) is 13.9. The average Bonchev–Trinajstić information content (AvgIpc) is 3.44.